The zero-order valence-corrected chi connectivity index (χ0v) is 18.0. The number of aryl methyl sites for hydroxylation is 1. The molecular weight excluding hydrogens is 372 g/mol. The third-order valence-corrected chi connectivity index (χ3v) is 4.62. The molecule has 2 amide bonds. The van der Waals surface area contributed by atoms with Gasteiger partial charge in [-0.1, -0.05) is 53.6 Å². The maximum absolute atomic E-state index is 13.1. The van der Waals surface area contributed by atoms with E-state index in [-0.39, 0.29) is 23.8 Å². The highest BCUT2D eigenvalue weighted by Crippen LogP contribution is 2.16. The van der Waals surface area contributed by atoms with Crippen LogP contribution >= 0.6 is 11.6 Å². The number of carbonyl (C=O) groups is 2. The molecule has 2 aromatic rings. The molecule has 1 atom stereocenters. The Kier molecular flexibility index (Phi) is 7.25. The number of amides is 2. The summed E-state index contributed by atoms with van der Waals surface area (Å²) in [4.78, 5) is 27.5. The number of hydrogen-bond acceptors (Lipinski definition) is 2. The van der Waals surface area contributed by atoms with Gasteiger partial charge in [-0.25, -0.2) is 0 Å². The van der Waals surface area contributed by atoms with Gasteiger partial charge in [0.1, 0.15) is 6.04 Å². The molecule has 1 N–H and O–H groups in total. The first-order chi connectivity index (χ1) is 13.0. The van der Waals surface area contributed by atoms with Gasteiger partial charge >= 0.3 is 0 Å². The van der Waals surface area contributed by atoms with Crippen LogP contribution in [0.4, 0.5) is 0 Å². The average molecular weight is 401 g/mol. The van der Waals surface area contributed by atoms with Crippen LogP contribution in [0.1, 0.15) is 44.4 Å². The molecule has 150 valence electrons. The van der Waals surface area contributed by atoms with Crippen molar-refractivity contribution in [1.29, 1.82) is 0 Å². The fraction of sp³-hybridized carbons (Fsp3) is 0.391. The summed E-state index contributed by atoms with van der Waals surface area (Å²) in [6, 6.07) is 14.6. The minimum absolute atomic E-state index is 0.0969. The monoisotopic (exact) mass is 400 g/mol. The molecule has 0 aliphatic rings. The minimum Gasteiger partial charge on any atom is -0.350 e. The van der Waals surface area contributed by atoms with Crippen LogP contribution in [0.15, 0.2) is 48.5 Å². The van der Waals surface area contributed by atoms with Crippen molar-refractivity contribution >= 4 is 23.4 Å². The Hall–Kier alpha value is -2.33. The van der Waals surface area contributed by atoms with Crippen molar-refractivity contribution < 1.29 is 9.59 Å². The maximum atomic E-state index is 13.1. The lowest BCUT2D eigenvalue weighted by Gasteiger charge is -2.31. The van der Waals surface area contributed by atoms with Gasteiger partial charge in [-0.15, -0.1) is 0 Å². The summed E-state index contributed by atoms with van der Waals surface area (Å²) in [5, 5.41) is 3.60. The van der Waals surface area contributed by atoms with Crippen LogP contribution in [0.25, 0.3) is 0 Å². The number of nitrogens with zero attached hydrogens (tertiary/aromatic N) is 1. The zero-order valence-electron chi connectivity index (χ0n) is 17.3. The predicted octanol–water partition coefficient (Wildman–Crippen LogP) is 4.52. The van der Waals surface area contributed by atoms with Gasteiger partial charge < -0.3 is 10.2 Å². The number of carbonyl (C=O) groups excluding carboxylic acids is 2. The molecule has 2 aromatic carbocycles. The van der Waals surface area contributed by atoms with E-state index in [9.17, 15) is 9.59 Å². The lowest BCUT2D eigenvalue weighted by atomic mass is 10.1. The molecule has 0 radical (unpaired) electrons. The lowest BCUT2D eigenvalue weighted by molar-refractivity contribution is -0.140. The van der Waals surface area contributed by atoms with Crippen LogP contribution in [0.2, 0.25) is 5.02 Å². The zero-order chi connectivity index (χ0) is 20.9. The van der Waals surface area contributed by atoms with E-state index < -0.39 is 6.04 Å². The highest BCUT2D eigenvalue weighted by molar-refractivity contribution is 6.30. The maximum Gasteiger partial charge on any atom is 0.242 e. The lowest BCUT2D eigenvalue weighted by Crippen LogP contribution is -2.52. The summed E-state index contributed by atoms with van der Waals surface area (Å²) in [5.74, 6) is -0.259. The molecule has 1 unspecified atom stereocenters. The molecule has 0 bridgehead atoms. The van der Waals surface area contributed by atoms with Crippen molar-refractivity contribution in [3.63, 3.8) is 0 Å². The number of benzene rings is 2. The highest BCUT2D eigenvalue weighted by atomic mass is 35.5. The molecule has 0 saturated heterocycles. The average Bonchev–Trinajstić information content (AvgIpc) is 2.59. The van der Waals surface area contributed by atoms with Gasteiger partial charge in [-0.05, 0) is 57.9 Å². The minimum atomic E-state index is -0.584. The number of halogens is 1. The molecule has 4 nitrogen and oxygen atoms in total. The topological polar surface area (TPSA) is 49.4 Å². The van der Waals surface area contributed by atoms with Crippen molar-refractivity contribution in [2.45, 2.75) is 59.2 Å². The molecule has 0 heterocycles. The normalized spacial score (nSPS) is 12.4. The van der Waals surface area contributed by atoms with Crippen molar-refractivity contribution in [2.75, 3.05) is 0 Å². The van der Waals surface area contributed by atoms with Crippen molar-refractivity contribution in [1.82, 2.24) is 10.2 Å². The SMILES string of the molecule is Cc1cccc(CN(C(=O)Cc2ccc(Cl)cc2)C(C)C(=O)NC(C)(C)C)c1. The molecular formula is C23H29ClN2O2. The summed E-state index contributed by atoms with van der Waals surface area (Å²) in [7, 11) is 0. The van der Waals surface area contributed by atoms with Gasteiger partial charge in [0.2, 0.25) is 11.8 Å². The summed E-state index contributed by atoms with van der Waals surface area (Å²) in [6.07, 6.45) is 0.218. The van der Waals surface area contributed by atoms with Crippen LogP contribution in [-0.4, -0.2) is 28.3 Å². The Balaban J connectivity index is 2.24. The first-order valence-electron chi connectivity index (χ1n) is 9.46. The van der Waals surface area contributed by atoms with Crippen LogP contribution in [0.5, 0.6) is 0 Å². The van der Waals surface area contributed by atoms with E-state index in [1.54, 1.807) is 24.0 Å². The standard InChI is InChI=1S/C23H29ClN2O2/c1-16-7-6-8-19(13-16)15-26(17(2)22(28)25-23(3,4)5)21(27)14-18-9-11-20(24)12-10-18/h6-13,17H,14-15H2,1-5H3,(H,25,28). The van der Waals surface area contributed by atoms with Crippen LogP contribution in [0.3, 0.4) is 0 Å². The fourth-order valence-corrected chi connectivity index (χ4v) is 3.07. The molecule has 28 heavy (non-hydrogen) atoms. The number of hydrogen-bond donors (Lipinski definition) is 1. The second-order valence-electron chi connectivity index (χ2n) is 8.23. The van der Waals surface area contributed by atoms with E-state index in [4.69, 9.17) is 11.6 Å². The van der Waals surface area contributed by atoms with Gasteiger partial charge in [0, 0.05) is 17.1 Å². The van der Waals surface area contributed by atoms with Gasteiger partial charge in [0.15, 0.2) is 0 Å². The van der Waals surface area contributed by atoms with Gasteiger partial charge in [0.05, 0.1) is 6.42 Å². The first-order valence-corrected chi connectivity index (χ1v) is 9.84. The first kappa shape index (κ1) is 22.0. The van der Waals surface area contributed by atoms with Crippen molar-refractivity contribution in [3.8, 4) is 0 Å². The molecule has 0 saturated carbocycles. The van der Waals surface area contributed by atoms with Gasteiger partial charge in [-0.3, -0.25) is 9.59 Å². The van der Waals surface area contributed by atoms with Crippen LogP contribution in [-0.2, 0) is 22.6 Å². The second kappa shape index (κ2) is 9.24. The smallest absolute Gasteiger partial charge is 0.242 e. The summed E-state index contributed by atoms with van der Waals surface area (Å²) in [5.41, 5.74) is 2.63. The molecule has 0 aromatic heterocycles. The Morgan fingerprint density at radius 3 is 2.29 bits per heavy atom. The summed E-state index contributed by atoms with van der Waals surface area (Å²) >= 11 is 5.94. The second-order valence-corrected chi connectivity index (χ2v) is 8.67. The van der Waals surface area contributed by atoms with Crippen molar-refractivity contribution in [2.24, 2.45) is 0 Å². The predicted molar refractivity (Wildman–Crippen MR) is 114 cm³/mol. The Labute approximate surface area is 172 Å². The number of nitrogens with one attached hydrogen (secondary N) is 1. The Morgan fingerprint density at radius 1 is 1.07 bits per heavy atom. The highest BCUT2D eigenvalue weighted by Gasteiger charge is 2.28. The van der Waals surface area contributed by atoms with E-state index in [1.807, 2.05) is 64.1 Å². The van der Waals surface area contributed by atoms with E-state index in [0.717, 1.165) is 16.7 Å². The largest absolute Gasteiger partial charge is 0.350 e. The van der Waals surface area contributed by atoms with E-state index in [1.165, 1.54) is 0 Å². The quantitative estimate of drug-likeness (QED) is 0.774. The summed E-state index contributed by atoms with van der Waals surface area (Å²) < 4.78 is 0. The summed E-state index contributed by atoms with van der Waals surface area (Å²) in [6.45, 7) is 9.96. The van der Waals surface area contributed by atoms with Gasteiger partial charge in [0.25, 0.3) is 0 Å². The van der Waals surface area contributed by atoms with Crippen molar-refractivity contribution in [3.05, 3.63) is 70.2 Å². The van der Waals surface area contributed by atoms with E-state index >= 15 is 0 Å². The molecule has 0 aliphatic carbocycles. The molecule has 0 aliphatic heterocycles. The van der Waals surface area contributed by atoms with Crippen LogP contribution < -0.4 is 5.32 Å². The van der Waals surface area contributed by atoms with E-state index in [2.05, 4.69) is 5.32 Å². The Morgan fingerprint density at radius 2 is 1.71 bits per heavy atom. The van der Waals surface area contributed by atoms with Crippen LogP contribution in [0, 0.1) is 6.92 Å². The molecule has 0 fully saturated rings. The fourth-order valence-electron chi connectivity index (χ4n) is 2.94. The third kappa shape index (κ3) is 6.68. The number of rotatable bonds is 6. The van der Waals surface area contributed by atoms with Gasteiger partial charge in [-0.2, -0.15) is 0 Å². The van der Waals surface area contributed by atoms with E-state index in [0.29, 0.717) is 11.6 Å². The molecule has 2 rings (SSSR count). The molecule has 0 spiro atoms. The third-order valence-electron chi connectivity index (χ3n) is 4.37. The molecule has 5 heteroatoms. The Bertz CT molecular complexity index is 825.